The second-order valence-corrected chi connectivity index (χ2v) is 5.79. The first-order chi connectivity index (χ1) is 3.96. The summed E-state index contributed by atoms with van der Waals surface area (Å²) in [6.45, 7) is 5.28. The highest BCUT2D eigenvalue weighted by Crippen LogP contribution is 2.53. The maximum atomic E-state index is 9.56. The molecule has 0 aliphatic heterocycles. The van der Waals surface area contributed by atoms with E-state index in [4.69, 9.17) is 4.18 Å². The maximum Gasteiger partial charge on any atom is 0.0594 e. The smallest absolute Gasteiger partial charge is 0.0594 e. The van der Waals surface area contributed by atoms with Crippen LogP contribution in [0.2, 0.25) is 0 Å². The van der Waals surface area contributed by atoms with Crippen LogP contribution >= 0.6 is 9.31 Å². The Hall–Kier alpha value is -0.120. The first-order valence-electron chi connectivity index (χ1n) is 2.69. The zero-order valence-electron chi connectivity index (χ0n) is 5.96. The minimum atomic E-state index is -2.88. The van der Waals surface area contributed by atoms with Gasteiger partial charge in [0.25, 0.3) is 0 Å². The first-order valence-corrected chi connectivity index (χ1v) is 5.01. The summed E-state index contributed by atoms with van der Waals surface area (Å²) in [5.41, 5.74) is 0. The van der Waals surface area contributed by atoms with Gasteiger partial charge in [-0.15, -0.1) is 0 Å². The lowest BCUT2D eigenvalue weighted by molar-refractivity contribution is 0.401. The molecule has 0 aromatic heterocycles. The van der Waals surface area contributed by atoms with Gasteiger partial charge >= 0.3 is 0 Å². The van der Waals surface area contributed by atoms with E-state index in [1.807, 2.05) is 6.92 Å². The van der Waals surface area contributed by atoms with Crippen molar-refractivity contribution in [2.75, 3.05) is 12.9 Å². The molecule has 0 heterocycles. The van der Waals surface area contributed by atoms with Gasteiger partial charge in [-0.1, -0.05) is 6.58 Å². The Balaban J connectivity index is 4.62. The highest BCUT2D eigenvalue weighted by atomic mass is 32.3. The summed E-state index contributed by atoms with van der Waals surface area (Å²) in [5, 5.41) is 1.40. The monoisotopic (exact) mass is 150 g/mol. The van der Waals surface area contributed by atoms with Crippen molar-refractivity contribution in [1.82, 2.24) is 0 Å². The predicted molar refractivity (Wildman–Crippen MR) is 45.1 cm³/mol. The zero-order chi connectivity index (χ0) is 7.57. The second kappa shape index (κ2) is 2.25. The summed E-state index contributed by atoms with van der Waals surface area (Å²) in [5.74, 6) is 4.08. The van der Waals surface area contributed by atoms with Crippen LogP contribution in [0.4, 0.5) is 0 Å². The molecule has 1 N–H and O–H groups in total. The van der Waals surface area contributed by atoms with E-state index in [2.05, 4.69) is 12.4 Å². The third kappa shape index (κ3) is 1.93. The molecule has 0 bridgehead atoms. The molecule has 0 spiro atoms. The van der Waals surface area contributed by atoms with E-state index in [-0.39, 0.29) is 0 Å². The van der Waals surface area contributed by atoms with Gasteiger partial charge in [0.15, 0.2) is 0 Å². The van der Waals surface area contributed by atoms with Gasteiger partial charge in [-0.05, 0) is 12.8 Å². The van der Waals surface area contributed by atoms with Crippen LogP contribution in [0.25, 0.3) is 0 Å². The maximum absolute atomic E-state index is 9.56. The summed E-state index contributed by atoms with van der Waals surface area (Å²) in [4.78, 5) is 0. The van der Waals surface area contributed by atoms with Gasteiger partial charge in [0, 0.05) is 11.2 Å². The number of hydrogen-bond donors (Lipinski definition) is 1. The van der Waals surface area contributed by atoms with Crippen LogP contribution in [-0.4, -0.2) is 23.3 Å². The zero-order valence-corrected chi connectivity index (χ0v) is 6.78. The Morgan fingerprint density at radius 2 is 2.22 bits per heavy atom. The minimum absolute atomic E-state index is 0.497. The Morgan fingerprint density at radius 3 is 2.22 bits per heavy atom. The molecular formula is C6H14O2S. The lowest BCUT2D eigenvalue weighted by Crippen LogP contribution is -2.07. The molecule has 0 saturated heterocycles. The van der Waals surface area contributed by atoms with Crippen molar-refractivity contribution in [3.8, 4) is 0 Å². The highest BCUT2D eigenvalue weighted by molar-refractivity contribution is 8.40. The normalized spacial score (nSPS) is 16.1. The lowest BCUT2D eigenvalue weighted by atomic mass is 11.0. The number of rotatable bonds is 3. The van der Waals surface area contributed by atoms with Crippen molar-refractivity contribution in [3.05, 3.63) is 12.0 Å². The van der Waals surface area contributed by atoms with Gasteiger partial charge in [-0.3, -0.25) is 4.18 Å². The van der Waals surface area contributed by atoms with Crippen LogP contribution in [0.15, 0.2) is 12.0 Å². The molecule has 2 nitrogen and oxygen atoms in total. The van der Waals surface area contributed by atoms with E-state index in [0.717, 1.165) is 0 Å². The average molecular weight is 150 g/mol. The fraction of sp³-hybridized carbons (Fsp3) is 0.500. The summed E-state index contributed by atoms with van der Waals surface area (Å²) < 4.78 is 14.4. The molecule has 0 fully saturated rings. The van der Waals surface area contributed by atoms with E-state index in [1.54, 1.807) is 0 Å². The van der Waals surface area contributed by atoms with Crippen LogP contribution in [-0.2, 0) is 4.18 Å². The third-order valence-corrected chi connectivity index (χ3v) is 4.21. The van der Waals surface area contributed by atoms with Crippen molar-refractivity contribution < 1.29 is 8.74 Å². The molecule has 3 heteroatoms. The molecule has 0 saturated carbocycles. The van der Waals surface area contributed by atoms with Crippen molar-refractivity contribution >= 4 is 15.2 Å². The molecule has 9 heavy (non-hydrogen) atoms. The molecule has 0 aromatic rings. The Bertz CT molecular complexity index is 164. The van der Waals surface area contributed by atoms with Crippen LogP contribution in [0.5, 0.6) is 0 Å². The second-order valence-electron chi connectivity index (χ2n) is 1.93. The van der Waals surface area contributed by atoms with E-state index >= 15 is 0 Å². The van der Waals surface area contributed by atoms with Crippen molar-refractivity contribution in [3.63, 3.8) is 0 Å². The fourth-order valence-corrected chi connectivity index (χ4v) is 0.911. The van der Waals surface area contributed by atoms with Crippen molar-refractivity contribution in [1.29, 1.82) is 0 Å². The summed E-state index contributed by atoms with van der Waals surface area (Å²) in [7, 11) is -1.44. The lowest BCUT2D eigenvalue weighted by Gasteiger charge is -2.43. The van der Waals surface area contributed by atoms with Crippen molar-refractivity contribution in [2.24, 2.45) is 0 Å². The quantitative estimate of drug-likeness (QED) is 0.623. The fourth-order valence-electron chi connectivity index (χ4n) is 0.304. The van der Waals surface area contributed by atoms with Gasteiger partial charge in [0.2, 0.25) is 0 Å². The van der Waals surface area contributed by atoms with Gasteiger partial charge in [-0.25, -0.2) is 9.31 Å². The third-order valence-electron chi connectivity index (χ3n) is 1.40. The molecule has 0 rings (SSSR count). The van der Waals surface area contributed by atoms with E-state index < -0.39 is 9.31 Å². The van der Waals surface area contributed by atoms with E-state index in [9.17, 15) is 4.55 Å². The Kier molecular flexibility index (Phi) is 2.22. The molecule has 0 radical (unpaired) electrons. The average Bonchev–Trinajstić information content (AvgIpc) is 1.90. The van der Waals surface area contributed by atoms with Gasteiger partial charge < -0.3 is 4.55 Å². The molecule has 0 unspecified atom stereocenters. The largest absolute Gasteiger partial charge is 0.308 e. The molecule has 0 aliphatic rings. The van der Waals surface area contributed by atoms with Crippen LogP contribution in [0.1, 0.15) is 6.92 Å². The Labute approximate surface area is 56.4 Å². The number of hydrogen-bond acceptors (Lipinski definition) is 2. The molecule has 0 aliphatic carbocycles. The standard InChI is InChI=1S/C6H14O2S/c1-5-9(4,7,6-2)8-3/h5,7H,1,4,6H2,2-3H3. The minimum Gasteiger partial charge on any atom is -0.308 e. The predicted octanol–water partition coefficient (Wildman–Crippen LogP) is 1.96. The van der Waals surface area contributed by atoms with E-state index in [0.29, 0.717) is 5.75 Å². The van der Waals surface area contributed by atoms with E-state index in [1.165, 1.54) is 12.5 Å². The highest BCUT2D eigenvalue weighted by Gasteiger charge is 2.11. The molecule has 0 amide bonds. The summed E-state index contributed by atoms with van der Waals surface area (Å²) >= 11 is 0. The SMILES string of the molecule is C=CS(=C)(O)(CC)OC. The molecular weight excluding hydrogens is 136 g/mol. The van der Waals surface area contributed by atoms with Crippen LogP contribution in [0, 0.1) is 0 Å². The van der Waals surface area contributed by atoms with Crippen LogP contribution < -0.4 is 0 Å². The van der Waals surface area contributed by atoms with Crippen molar-refractivity contribution in [2.45, 2.75) is 6.92 Å². The topological polar surface area (TPSA) is 29.5 Å². The molecule has 56 valence electrons. The van der Waals surface area contributed by atoms with Gasteiger partial charge in [-0.2, -0.15) is 0 Å². The summed E-state index contributed by atoms with van der Waals surface area (Å²) in [6.07, 6.45) is 0. The molecule has 0 atom stereocenters. The first kappa shape index (κ1) is 8.88. The van der Waals surface area contributed by atoms with Crippen LogP contribution in [0.3, 0.4) is 0 Å². The molecule has 0 aromatic carbocycles. The van der Waals surface area contributed by atoms with Gasteiger partial charge in [0.1, 0.15) is 0 Å². The Morgan fingerprint density at radius 1 is 1.78 bits per heavy atom. The van der Waals surface area contributed by atoms with Gasteiger partial charge in [0.05, 0.1) is 7.11 Å². The summed E-state index contributed by atoms with van der Waals surface area (Å²) in [6, 6.07) is 0.